The van der Waals surface area contributed by atoms with E-state index in [1.807, 2.05) is 54.6 Å². The van der Waals surface area contributed by atoms with Crippen LogP contribution in [0, 0.1) is 6.92 Å². The minimum absolute atomic E-state index is 0.173. The summed E-state index contributed by atoms with van der Waals surface area (Å²) < 4.78 is 5.66. The van der Waals surface area contributed by atoms with Gasteiger partial charge in [-0.3, -0.25) is 4.79 Å². The van der Waals surface area contributed by atoms with Crippen LogP contribution in [0.3, 0.4) is 0 Å². The SMILES string of the molecule is Cc1oc(-c2ccccc2)nc1C(=O)N(C)Cc1ccc(Cl)cc1. The second-order valence-corrected chi connectivity index (χ2v) is 6.01. The largest absolute Gasteiger partial charge is 0.441 e. The third-order valence-corrected chi connectivity index (χ3v) is 3.95. The Kier molecular flexibility index (Phi) is 4.67. The van der Waals surface area contributed by atoms with Crippen molar-refractivity contribution in [1.82, 2.24) is 9.88 Å². The monoisotopic (exact) mass is 340 g/mol. The van der Waals surface area contributed by atoms with Gasteiger partial charge in [0.15, 0.2) is 5.69 Å². The first kappa shape index (κ1) is 16.3. The molecular weight excluding hydrogens is 324 g/mol. The Morgan fingerprint density at radius 3 is 2.46 bits per heavy atom. The molecular formula is C19H17ClN2O2. The number of carbonyl (C=O) groups is 1. The van der Waals surface area contributed by atoms with Crippen molar-refractivity contribution in [2.75, 3.05) is 7.05 Å². The van der Waals surface area contributed by atoms with E-state index in [2.05, 4.69) is 4.98 Å². The van der Waals surface area contributed by atoms with Gasteiger partial charge in [0.05, 0.1) is 0 Å². The van der Waals surface area contributed by atoms with Gasteiger partial charge in [0.1, 0.15) is 5.76 Å². The molecule has 0 aliphatic carbocycles. The second kappa shape index (κ2) is 6.89. The van der Waals surface area contributed by atoms with E-state index in [4.69, 9.17) is 16.0 Å². The van der Waals surface area contributed by atoms with Crippen molar-refractivity contribution < 1.29 is 9.21 Å². The molecule has 4 nitrogen and oxygen atoms in total. The van der Waals surface area contributed by atoms with Crippen LogP contribution < -0.4 is 0 Å². The number of hydrogen-bond acceptors (Lipinski definition) is 3. The lowest BCUT2D eigenvalue weighted by Crippen LogP contribution is -2.27. The Morgan fingerprint density at radius 1 is 1.12 bits per heavy atom. The molecule has 24 heavy (non-hydrogen) atoms. The first-order chi connectivity index (χ1) is 11.5. The Hall–Kier alpha value is -2.59. The first-order valence-corrected chi connectivity index (χ1v) is 7.95. The number of benzene rings is 2. The molecule has 3 rings (SSSR count). The van der Waals surface area contributed by atoms with Crippen molar-refractivity contribution in [3.63, 3.8) is 0 Å². The summed E-state index contributed by atoms with van der Waals surface area (Å²) in [7, 11) is 1.74. The van der Waals surface area contributed by atoms with Gasteiger partial charge in [0.2, 0.25) is 5.89 Å². The fourth-order valence-electron chi connectivity index (χ4n) is 2.42. The average Bonchev–Trinajstić information content (AvgIpc) is 2.99. The van der Waals surface area contributed by atoms with Crippen LogP contribution >= 0.6 is 11.6 Å². The minimum Gasteiger partial charge on any atom is -0.441 e. The lowest BCUT2D eigenvalue weighted by atomic mass is 10.2. The highest BCUT2D eigenvalue weighted by Gasteiger charge is 2.21. The number of carbonyl (C=O) groups excluding carboxylic acids is 1. The molecule has 0 spiro atoms. The van der Waals surface area contributed by atoms with E-state index < -0.39 is 0 Å². The van der Waals surface area contributed by atoms with Crippen molar-refractivity contribution in [2.45, 2.75) is 13.5 Å². The van der Waals surface area contributed by atoms with Crippen molar-refractivity contribution in [2.24, 2.45) is 0 Å². The van der Waals surface area contributed by atoms with E-state index in [-0.39, 0.29) is 5.91 Å². The Labute approximate surface area is 145 Å². The Morgan fingerprint density at radius 2 is 1.79 bits per heavy atom. The van der Waals surface area contributed by atoms with Gasteiger partial charge in [0.25, 0.3) is 5.91 Å². The molecule has 122 valence electrons. The lowest BCUT2D eigenvalue weighted by molar-refractivity contribution is 0.0778. The lowest BCUT2D eigenvalue weighted by Gasteiger charge is -2.16. The predicted molar refractivity (Wildman–Crippen MR) is 93.9 cm³/mol. The number of nitrogens with zero attached hydrogens (tertiary/aromatic N) is 2. The van der Waals surface area contributed by atoms with Crippen LogP contribution in [0.1, 0.15) is 21.8 Å². The molecule has 1 heterocycles. The van der Waals surface area contributed by atoms with Crippen LogP contribution in [0.5, 0.6) is 0 Å². The van der Waals surface area contributed by atoms with Gasteiger partial charge in [-0.25, -0.2) is 4.98 Å². The smallest absolute Gasteiger partial charge is 0.276 e. The maximum Gasteiger partial charge on any atom is 0.276 e. The van der Waals surface area contributed by atoms with Crippen molar-refractivity contribution in [3.05, 3.63) is 76.6 Å². The number of amides is 1. The zero-order valence-electron chi connectivity index (χ0n) is 13.5. The number of rotatable bonds is 4. The van der Waals surface area contributed by atoms with E-state index in [1.54, 1.807) is 18.9 Å². The molecule has 0 bridgehead atoms. The molecule has 0 aliphatic heterocycles. The average molecular weight is 341 g/mol. The van der Waals surface area contributed by atoms with Gasteiger partial charge >= 0.3 is 0 Å². The molecule has 3 aromatic rings. The van der Waals surface area contributed by atoms with Crippen LogP contribution in [-0.2, 0) is 6.54 Å². The topological polar surface area (TPSA) is 46.3 Å². The van der Waals surface area contributed by atoms with Crippen molar-refractivity contribution >= 4 is 17.5 Å². The standard InChI is InChI=1S/C19H17ClN2O2/c1-13-17(21-18(24-13)15-6-4-3-5-7-15)19(23)22(2)12-14-8-10-16(20)11-9-14/h3-11H,12H2,1-2H3. The van der Waals surface area contributed by atoms with E-state index in [0.717, 1.165) is 11.1 Å². The summed E-state index contributed by atoms with van der Waals surface area (Å²) in [4.78, 5) is 18.7. The van der Waals surface area contributed by atoms with E-state index in [0.29, 0.717) is 28.9 Å². The van der Waals surface area contributed by atoms with Crippen LogP contribution in [0.4, 0.5) is 0 Å². The molecule has 1 amide bonds. The third-order valence-electron chi connectivity index (χ3n) is 3.70. The molecule has 0 unspecified atom stereocenters. The summed E-state index contributed by atoms with van der Waals surface area (Å²) in [5, 5.41) is 0.674. The van der Waals surface area contributed by atoms with Gasteiger partial charge in [-0.1, -0.05) is 41.9 Å². The maximum absolute atomic E-state index is 12.7. The number of aryl methyl sites for hydroxylation is 1. The summed E-state index contributed by atoms with van der Waals surface area (Å²) in [5.74, 6) is 0.798. The number of oxazole rings is 1. The predicted octanol–water partition coefficient (Wildman–Crippen LogP) is 4.58. The van der Waals surface area contributed by atoms with Gasteiger partial charge in [-0.05, 0) is 36.8 Å². The minimum atomic E-state index is -0.173. The fraction of sp³-hybridized carbons (Fsp3) is 0.158. The van der Waals surface area contributed by atoms with Crippen LogP contribution in [0.25, 0.3) is 11.5 Å². The normalized spacial score (nSPS) is 10.6. The van der Waals surface area contributed by atoms with Crippen LogP contribution in [0.15, 0.2) is 59.0 Å². The summed E-state index contributed by atoms with van der Waals surface area (Å²) in [6.45, 7) is 2.23. The number of hydrogen-bond donors (Lipinski definition) is 0. The molecule has 0 fully saturated rings. The molecule has 2 aromatic carbocycles. The molecule has 0 saturated heterocycles. The van der Waals surface area contributed by atoms with Crippen molar-refractivity contribution in [3.8, 4) is 11.5 Å². The summed E-state index contributed by atoms with van der Waals surface area (Å²) in [5.41, 5.74) is 2.19. The van der Waals surface area contributed by atoms with Crippen LogP contribution in [-0.4, -0.2) is 22.8 Å². The van der Waals surface area contributed by atoms with Gasteiger partial charge in [0, 0.05) is 24.2 Å². The Balaban J connectivity index is 1.79. The molecule has 0 atom stereocenters. The Bertz CT molecular complexity index is 842. The highest BCUT2D eigenvalue weighted by atomic mass is 35.5. The first-order valence-electron chi connectivity index (χ1n) is 7.57. The molecule has 0 N–H and O–H groups in total. The summed E-state index contributed by atoms with van der Waals surface area (Å²) in [6, 6.07) is 17.0. The fourth-order valence-corrected chi connectivity index (χ4v) is 2.54. The highest BCUT2D eigenvalue weighted by Crippen LogP contribution is 2.22. The van der Waals surface area contributed by atoms with Gasteiger partial charge < -0.3 is 9.32 Å². The van der Waals surface area contributed by atoms with Crippen LogP contribution in [0.2, 0.25) is 5.02 Å². The second-order valence-electron chi connectivity index (χ2n) is 5.58. The molecule has 1 aromatic heterocycles. The summed E-state index contributed by atoms with van der Waals surface area (Å²) >= 11 is 5.89. The quantitative estimate of drug-likeness (QED) is 0.698. The van der Waals surface area contributed by atoms with E-state index >= 15 is 0 Å². The zero-order chi connectivity index (χ0) is 17.1. The molecule has 0 aliphatic rings. The highest BCUT2D eigenvalue weighted by molar-refractivity contribution is 6.30. The molecule has 5 heteroatoms. The molecule has 0 saturated carbocycles. The van der Waals surface area contributed by atoms with E-state index in [9.17, 15) is 4.79 Å². The van der Waals surface area contributed by atoms with Crippen molar-refractivity contribution in [1.29, 1.82) is 0 Å². The van der Waals surface area contributed by atoms with Gasteiger partial charge in [-0.15, -0.1) is 0 Å². The maximum atomic E-state index is 12.7. The van der Waals surface area contributed by atoms with E-state index in [1.165, 1.54) is 0 Å². The number of halogens is 1. The summed E-state index contributed by atoms with van der Waals surface area (Å²) in [6.07, 6.45) is 0. The third kappa shape index (κ3) is 3.49. The van der Waals surface area contributed by atoms with Gasteiger partial charge in [-0.2, -0.15) is 0 Å². The molecule has 0 radical (unpaired) electrons. The number of aromatic nitrogens is 1. The zero-order valence-corrected chi connectivity index (χ0v) is 14.2.